The third-order valence-corrected chi connectivity index (χ3v) is 6.07. The van der Waals surface area contributed by atoms with E-state index in [9.17, 15) is 9.59 Å². The van der Waals surface area contributed by atoms with Gasteiger partial charge in [-0.2, -0.15) is 0 Å². The number of hydrogen-bond donors (Lipinski definition) is 2. The number of piperazine rings is 1. The van der Waals surface area contributed by atoms with Crippen LogP contribution in [0.25, 0.3) is 11.1 Å². The number of carbonyl (C=O) groups is 1. The van der Waals surface area contributed by atoms with Crippen molar-refractivity contribution in [1.29, 1.82) is 0 Å². The highest BCUT2D eigenvalue weighted by Crippen LogP contribution is 2.30. The largest absolute Gasteiger partial charge is 0.493 e. The van der Waals surface area contributed by atoms with E-state index in [4.69, 9.17) is 9.15 Å². The number of nitrogens with zero attached hydrogens (tertiary/aromatic N) is 2. The van der Waals surface area contributed by atoms with Crippen molar-refractivity contribution in [2.24, 2.45) is 0 Å². The Kier molecular flexibility index (Phi) is 5.05. The van der Waals surface area contributed by atoms with Crippen LogP contribution in [0.4, 0.5) is 11.4 Å². The fraction of sp³-hybridized carbons (Fsp3) is 0.391. The molecule has 3 heterocycles. The number of aromatic amines is 1. The summed E-state index contributed by atoms with van der Waals surface area (Å²) >= 11 is 0. The smallest absolute Gasteiger partial charge is 0.417 e. The molecule has 31 heavy (non-hydrogen) atoms. The van der Waals surface area contributed by atoms with E-state index >= 15 is 0 Å². The van der Waals surface area contributed by atoms with Crippen molar-refractivity contribution in [3.8, 4) is 5.75 Å². The van der Waals surface area contributed by atoms with Crippen molar-refractivity contribution in [1.82, 2.24) is 9.88 Å². The summed E-state index contributed by atoms with van der Waals surface area (Å²) in [7, 11) is 0. The lowest BCUT2D eigenvalue weighted by Crippen LogP contribution is -2.54. The molecule has 1 saturated heterocycles. The number of rotatable bonds is 4. The first-order valence-electron chi connectivity index (χ1n) is 10.7. The quantitative estimate of drug-likeness (QED) is 0.672. The summed E-state index contributed by atoms with van der Waals surface area (Å²) in [6.07, 6.45) is 2.12. The first-order chi connectivity index (χ1) is 15.1. The van der Waals surface area contributed by atoms with Gasteiger partial charge in [-0.15, -0.1) is 0 Å². The zero-order chi connectivity index (χ0) is 21.4. The van der Waals surface area contributed by atoms with Crippen LogP contribution in [0.15, 0.2) is 45.6 Å². The summed E-state index contributed by atoms with van der Waals surface area (Å²) in [6, 6.07) is 12.0. The Morgan fingerprint density at radius 3 is 3.00 bits per heavy atom. The summed E-state index contributed by atoms with van der Waals surface area (Å²) in [5.41, 5.74) is 4.32. The third kappa shape index (κ3) is 3.97. The van der Waals surface area contributed by atoms with Crippen LogP contribution in [-0.4, -0.2) is 54.6 Å². The molecular formula is C23H26N4O4. The number of oxazole rings is 1. The number of nitrogens with one attached hydrogen (secondary N) is 2. The Morgan fingerprint density at radius 1 is 1.23 bits per heavy atom. The standard InChI is InChI=1S/C23H26N4O4/c1-15-14-26(8-9-27(15)18-5-7-20-16(11-18)3-2-10-30-20)22(28)13-24-17-4-6-19-21(12-17)31-23(29)25-19/h4-7,11-12,15,24H,2-3,8-10,13-14H2,1H3,(H,25,29)/t15-/m1/s1. The first-order valence-corrected chi connectivity index (χ1v) is 10.7. The summed E-state index contributed by atoms with van der Waals surface area (Å²) < 4.78 is 10.8. The van der Waals surface area contributed by atoms with Crippen molar-refractivity contribution in [3.63, 3.8) is 0 Å². The molecule has 3 aromatic rings. The second-order valence-corrected chi connectivity index (χ2v) is 8.21. The molecule has 2 N–H and O–H groups in total. The Bertz CT molecular complexity index is 1170. The number of aromatic nitrogens is 1. The van der Waals surface area contributed by atoms with Gasteiger partial charge in [0.15, 0.2) is 5.58 Å². The molecule has 1 aromatic heterocycles. The molecule has 0 spiro atoms. The van der Waals surface area contributed by atoms with E-state index in [0.717, 1.165) is 37.4 Å². The zero-order valence-electron chi connectivity index (χ0n) is 17.5. The van der Waals surface area contributed by atoms with E-state index in [1.807, 2.05) is 11.0 Å². The molecule has 2 aliphatic rings. The Hall–Kier alpha value is -3.42. The van der Waals surface area contributed by atoms with E-state index in [1.54, 1.807) is 12.1 Å². The van der Waals surface area contributed by atoms with Gasteiger partial charge in [-0.25, -0.2) is 4.79 Å². The maximum absolute atomic E-state index is 12.8. The molecule has 1 fully saturated rings. The van der Waals surface area contributed by atoms with Crippen molar-refractivity contribution in [2.75, 3.05) is 43.0 Å². The third-order valence-electron chi connectivity index (χ3n) is 6.07. The monoisotopic (exact) mass is 422 g/mol. The van der Waals surface area contributed by atoms with Crippen LogP contribution < -0.4 is 20.7 Å². The fourth-order valence-electron chi connectivity index (χ4n) is 4.44. The highest BCUT2D eigenvalue weighted by molar-refractivity contribution is 5.83. The topological polar surface area (TPSA) is 90.8 Å². The number of ether oxygens (including phenoxy) is 1. The van der Waals surface area contributed by atoms with Gasteiger partial charge < -0.3 is 24.3 Å². The lowest BCUT2D eigenvalue weighted by atomic mass is 10.0. The summed E-state index contributed by atoms with van der Waals surface area (Å²) in [5, 5.41) is 3.14. The molecule has 2 aromatic carbocycles. The molecule has 5 rings (SSSR count). The van der Waals surface area contributed by atoms with Gasteiger partial charge in [0.1, 0.15) is 5.75 Å². The maximum atomic E-state index is 12.8. The molecular weight excluding hydrogens is 396 g/mol. The number of hydrogen-bond acceptors (Lipinski definition) is 6. The number of anilines is 2. The number of benzene rings is 2. The lowest BCUT2D eigenvalue weighted by molar-refractivity contribution is -0.130. The maximum Gasteiger partial charge on any atom is 0.417 e. The van der Waals surface area contributed by atoms with Crippen LogP contribution in [-0.2, 0) is 11.2 Å². The summed E-state index contributed by atoms with van der Waals surface area (Å²) in [4.78, 5) is 30.9. The second kappa shape index (κ2) is 8.02. The van der Waals surface area contributed by atoms with Gasteiger partial charge in [0.25, 0.3) is 0 Å². The molecule has 8 heteroatoms. The minimum Gasteiger partial charge on any atom is -0.493 e. The van der Waals surface area contributed by atoms with Gasteiger partial charge in [-0.05, 0) is 55.7 Å². The minimum atomic E-state index is -0.485. The van der Waals surface area contributed by atoms with E-state index in [-0.39, 0.29) is 18.5 Å². The summed E-state index contributed by atoms with van der Waals surface area (Å²) in [5.74, 6) is 0.571. The van der Waals surface area contributed by atoms with E-state index in [1.165, 1.54) is 11.3 Å². The van der Waals surface area contributed by atoms with Gasteiger partial charge >= 0.3 is 5.76 Å². The predicted molar refractivity (Wildman–Crippen MR) is 119 cm³/mol. The van der Waals surface area contributed by atoms with Crippen molar-refractivity contribution < 1.29 is 13.9 Å². The van der Waals surface area contributed by atoms with Gasteiger partial charge in [-0.3, -0.25) is 9.78 Å². The van der Waals surface area contributed by atoms with E-state index in [0.29, 0.717) is 24.2 Å². The molecule has 0 bridgehead atoms. The number of aryl methyl sites for hydroxylation is 1. The highest BCUT2D eigenvalue weighted by Gasteiger charge is 2.27. The molecule has 162 valence electrons. The molecule has 0 radical (unpaired) electrons. The van der Waals surface area contributed by atoms with Crippen LogP contribution in [0.3, 0.4) is 0 Å². The average Bonchev–Trinajstić information content (AvgIpc) is 3.16. The van der Waals surface area contributed by atoms with Crippen LogP contribution in [0.2, 0.25) is 0 Å². The number of amides is 1. The lowest BCUT2D eigenvalue weighted by Gasteiger charge is -2.41. The second-order valence-electron chi connectivity index (χ2n) is 8.21. The van der Waals surface area contributed by atoms with Crippen LogP contribution >= 0.6 is 0 Å². The van der Waals surface area contributed by atoms with Gasteiger partial charge in [-0.1, -0.05) is 0 Å². The van der Waals surface area contributed by atoms with Gasteiger partial charge in [0.05, 0.1) is 18.7 Å². The minimum absolute atomic E-state index is 0.0564. The number of fused-ring (bicyclic) bond motifs is 2. The molecule has 2 aliphatic heterocycles. The molecule has 0 saturated carbocycles. The fourth-order valence-corrected chi connectivity index (χ4v) is 4.44. The highest BCUT2D eigenvalue weighted by atomic mass is 16.5. The number of H-pyrrole nitrogens is 1. The van der Waals surface area contributed by atoms with Crippen molar-refractivity contribution >= 4 is 28.4 Å². The zero-order valence-corrected chi connectivity index (χ0v) is 17.5. The average molecular weight is 422 g/mol. The van der Waals surface area contributed by atoms with Crippen molar-refractivity contribution in [3.05, 3.63) is 52.5 Å². The first kappa shape index (κ1) is 19.5. The normalized spacial score (nSPS) is 18.5. The molecule has 1 atom stereocenters. The Labute approximate surface area is 179 Å². The molecule has 8 nitrogen and oxygen atoms in total. The molecule has 0 unspecified atom stereocenters. The van der Waals surface area contributed by atoms with Crippen LogP contribution in [0, 0.1) is 0 Å². The van der Waals surface area contributed by atoms with E-state index in [2.05, 4.69) is 40.3 Å². The summed E-state index contributed by atoms with van der Waals surface area (Å²) in [6.45, 7) is 5.32. The Morgan fingerprint density at radius 2 is 2.13 bits per heavy atom. The van der Waals surface area contributed by atoms with E-state index < -0.39 is 5.76 Å². The predicted octanol–water partition coefficient (Wildman–Crippen LogP) is 2.60. The SMILES string of the molecule is C[C@@H]1CN(C(=O)CNc2ccc3[nH]c(=O)oc3c2)CCN1c1ccc2c(c1)CCCO2. The van der Waals surface area contributed by atoms with Gasteiger partial charge in [0.2, 0.25) is 5.91 Å². The number of carbonyl (C=O) groups excluding carboxylic acids is 1. The molecule has 1 amide bonds. The van der Waals surface area contributed by atoms with Gasteiger partial charge in [0, 0.05) is 43.1 Å². The van der Waals surface area contributed by atoms with Crippen LogP contribution in [0.1, 0.15) is 18.9 Å². The van der Waals surface area contributed by atoms with Crippen LogP contribution in [0.5, 0.6) is 5.75 Å². The van der Waals surface area contributed by atoms with Crippen molar-refractivity contribution in [2.45, 2.75) is 25.8 Å². The Balaban J connectivity index is 1.19. The molecule has 0 aliphatic carbocycles.